The maximum atomic E-state index is 12.7. The second-order valence-corrected chi connectivity index (χ2v) is 6.16. The second-order valence-electron chi connectivity index (χ2n) is 6.16. The van der Waals surface area contributed by atoms with E-state index in [0.717, 1.165) is 27.8 Å². The third kappa shape index (κ3) is 2.88. The first-order valence-corrected chi connectivity index (χ1v) is 8.49. The zero-order valence-corrected chi connectivity index (χ0v) is 14.4. The molecular weight excluding hydrogens is 326 g/mol. The highest BCUT2D eigenvalue weighted by Gasteiger charge is 2.24. The van der Waals surface area contributed by atoms with Gasteiger partial charge in [0, 0.05) is 41.8 Å². The topological polar surface area (TPSA) is 70.8 Å². The van der Waals surface area contributed by atoms with Crippen LogP contribution < -0.4 is 4.74 Å². The number of hydrogen-bond acceptors (Lipinski definition) is 3. The molecule has 4 rings (SSSR count). The first-order chi connectivity index (χ1) is 12.8. The van der Waals surface area contributed by atoms with Gasteiger partial charge in [-0.05, 0) is 23.3 Å². The Kier molecular flexibility index (Phi) is 4.27. The van der Waals surface area contributed by atoms with Crippen LogP contribution in [-0.2, 0) is 0 Å². The van der Waals surface area contributed by atoms with Crippen molar-refractivity contribution in [2.75, 3.05) is 7.11 Å². The van der Waals surface area contributed by atoms with Crippen LogP contribution in [0.15, 0.2) is 67.1 Å². The predicted octanol–water partition coefficient (Wildman–Crippen LogP) is 4.30. The van der Waals surface area contributed by atoms with E-state index >= 15 is 0 Å². The van der Waals surface area contributed by atoms with Crippen molar-refractivity contribution >= 4 is 16.7 Å². The van der Waals surface area contributed by atoms with E-state index < -0.39 is 0 Å². The maximum Gasteiger partial charge on any atom is 0.198 e. The monoisotopic (exact) mass is 345 g/mol. The maximum absolute atomic E-state index is 12.7. The highest BCUT2D eigenvalue weighted by molar-refractivity contribution is 5.95. The van der Waals surface area contributed by atoms with Gasteiger partial charge in [-0.15, -0.1) is 0 Å². The highest BCUT2D eigenvalue weighted by atomic mass is 16.5. The largest absolute Gasteiger partial charge is 0.496 e. The van der Waals surface area contributed by atoms with Gasteiger partial charge in [-0.2, -0.15) is 0 Å². The number of ether oxygens (including phenoxy) is 1. The number of carbonyl (C=O) groups is 1. The quantitative estimate of drug-likeness (QED) is 0.512. The van der Waals surface area contributed by atoms with E-state index in [4.69, 9.17) is 4.74 Å². The average Bonchev–Trinajstić information content (AvgIpc) is 3.36. The number of H-pyrrole nitrogens is 2. The molecule has 0 unspecified atom stereocenters. The summed E-state index contributed by atoms with van der Waals surface area (Å²) in [7, 11) is 1.66. The molecule has 0 amide bonds. The average molecular weight is 345 g/mol. The van der Waals surface area contributed by atoms with Gasteiger partial charge in [-0.25, -0.2) is 4.98 Å². The van der Waals surface area contributed by atoms with Crippen LogP contribution in [0.3, 0.4) is 0 Å². The summed E-state index contributed by atoms with van der Waals surface area (Å²) in [6, 6.07) is 16.0. The van der Waals surface area contributed by atoms with E-state index in [1.54, 1.807) is 19.5 Å². The number of hydrogen-bond donors (Lipinski definition) is 2. The second kappa shape index (κ2) is 6.88. The van der Waals surface area contributed by atoms with Crippen LogP contribution in [-0.4, -0.2) is 27.8 Å². The number of carbonyl (C=O) groups excluding carboxylic acids is 1. The summed E-state index contributed by atoms with van der Waals surface area (Å²) in [5.41, 5.74) is 3.12. The van der Waals surface area contributed by atoms with Gasteiger partial charge in [0.1, 0.15) is 5.75 Å². The summed E-state index contributed by atoms with van der Waals surface area (Å²) < 4.78 is 5.57. The molecule has 130 valence electrons. The molecule has 26 heavy (non-hydrogen) atoms. The van der Waals surface area contributed by atoms with E-state index in [9.17, 15) is 4.79 Å². The number of imidazole rings is 1. The molecule has 4 aromatic rings. The molecule has 2 aromatic carbocycles. The number of Topliss-reactive ketones (excluding diaryl/α,β-unsaturated/α-hetero) is 1. The highest BCUT2D eigenvalue weighted by Crippen LogP contribution is 2.38. The van der Waals surface area contributed by atoms with Gasteiger partial charge in [-0.1, -0.05) is 36.4 Å². The lowest BCUT2D eigenvalue weighted by molar-refractivity contribution is 0.0968. The number of nitrogens with zero attached hydrogens (tertiary/aromatic N) is 1. The smallest absolute Gasteiger partial charge is 0.198 e. The minimum atomic E-state index is -0.0983. The normalized spacial score (nSPS) is 12.2. The molecule has 0 aliphatic carbocycles. The Morgan fingerprint density at radius 3 is 2.69 bits per heavy atom. The van der Waals surface area contributed by atoms with Crippen LogP contribution in [0.2, 0.25) is 0 Å². The number of benzene rings is 2. The van der Waals surface area contributed by atoms with Crippen molar-refractivity contribution in [3.8, 4) is 5.75 Å². The molecule has 0 saturated heterocycles. The summed E-state index contributed by atoms with van der Waals surface area (Å²) in [6.45, 7) is 0. The van der Waals surface area contributed by atoms with Crippen LogP contribution in [0.25, 0.3) is 10.9 Å². The Hall–Kier alpha value is -3.34. The fourth-order valence-corrected chi connectivity index (χ4v) is 3.41. The number of ketones is 1. The van der Waals surface area contributed by atoms with Gasteiger partial charge in [-0.3, -0.25) is 4.79 Å². The standard InChI is InChI=1S/C21H19N3O2/c1-26-19-9-5-8-17-20(19)16(13-24-17)15(14-6-3-2-4-7-14)12-18(25)21-22-10-11-23-21/h2-11,13,15,24H,12H2,1H3,(H,22,23)/t15-/m0/s1. The van der Waals surface area contributed by atoms with Gasteiger partial charge in [0.2, 0.25) is 0 Å². The number of aromatic amines is 2. The summed E-state index contributed by atoms with van der Waals surface area (Å²) in [4.78, 5) is 23.1. The molecule has 1 atom stereocenters. The van der Waals surface area contributed by atoms with Gasteiger partial charge in [0.15, 0.2) is 11.6 Å². The number of methoxy groups -OCH3 is 1. The zero-order valence-electron chi connectivity index (χ0n) is 14.4. The van der Waals surface area contributed by atoms with Crippen molar-refractivity contribution in [2.45, 2.75) is 12.3 Å². The van der Waals surface area contributed by atoms with Gasteiger partial charge < -0.3 is 14.7 Å². The first kappa shape index (κ1) is 16.1. The lowest BCUT2D eigenvalue weighted by Crippen LogP contribution is -2.10. The molecular formula is C21H19N3O2. The molecule has 0 aliphatic rings. The van der Waals surface area contributed by atoms with Crippen molar-refractivity contribution in [3.05, 3.63) is 84.1 Å². The Balaban J connectivity index is 1.82. The molecule has 5 nitrogen and oxygen atoms in total. The lowest BCUT2D eigenvalue weighted by Gasteiger charge is -2.17. The molecule has 0 saturated carbocycles. The van der Waals surface area contributed by atoms with Crippen molar-refractivity contribution in [1.82, 2.24) is 15.0 Å². The van der Waals surface area contributed by atoms with Crippen LogP contribution >= 0.6 is 0 Å². The molecule has 0 bridgehead atoms. The van der Waals surface area contributed by atoms with Crippen molar-refractivity contribution in [2.24, 2.45) is 0 Å². The van der Waals surface area contributed by atoms with Crippen molar-refractivity contribution < 1.29 is 9.53 Å². The molecule has 0 radical (unpaired) electrons. The number of fused-ring (bicyclic) bond motifs is 1. The van der Waals surface area contributed by atoms with E-state index in [1.807, 2.05) is 54.7 Å². The van der Waals surface area contributed by atoms with E-state index in [2.05, 4.69) is 15.0 Å². The van der Waals surface area contributed by atoms with E-state index in [0.29, 0.717) is 12.2 Å². The van der Waals surface area contributed by atoms with Crippen LogP contribution in [0.4, 0.5) is 0 Å². The molecule has 0 aliphatic heterocycles. The molecule has 0 fully saturated rings. The molecule has 5 heteroatoms. The first-order valence-electron chi connectivity index (χ1n) is 8.49. The fraction of sp³-hybridized carbons (Fsp3) is 0.143. The molecule has 2 aromatic heterocycles. The number of rotatable bonds is 6. The SMILES string of the molecule is COc1cccc2[nH]cc([C@@H](CC(=O)c3ncc[nH]3)c3ccccc3)c12. The zero-order chi connectivity index (χ0) is 17.9. The van der Waals surface area contributed by atoms with Crippen LogP contribution in [0, 0.1) is 0 Å². The Morgan fingerprint density at radius 1 is 1.12 bits per heavy atom. The van der Waals surface area contributed by atoms with E-state index in [-0.39, 0.29) is 11.7 Å². The minimum absolute atomic E-state index is 0.0203. The van der Waals surface area contributed by atoms with Gasteiger partial charge >= 0.3 is 0 Å². The molecule has 2 heterocycles. The van der Waals surface area contributed by atoms with E-state index in [1.165, 1.54) is 0 Å². The molecule has 0 spiro atoms. The van der Waals surface area contributed by atoms with Crippen molar-refractivity contribution in [3.63, 3.8) is 0 Å². The van der Waals surface area contributed by atoms with Crippen molar-refractivity contribution in [1.29, 1.82) is 0 Å². The van der Waals surface area contributed by atoms with Crippen LogP contribution in [0.5, 0.6) is 5.75 Å². The minimum Gasteiger partial charge on any atom is -0.496 e. The lowest BCUT2D eigenvalue weighted by atomic mass is 9.86. The summed E-state index contributed by atoms with van der Waals surface area (Å²) in [5.74, 6) is 1.06. The number of nitrogens with one attached hydrogen (secondary N) is 2. The number of aromatic nitrogens is 3. The Bertz CT molecular complexity index is 1020. The van der Waals surface area contributed by atoms with Crippen LogP contribution in [0.1, 0.15) is 34.1 Å². The Morgan fingerprint density at radius 2 is 1.96 bits per heavy atom. The molecule has 2 N–H and O–H groups in total. The third-order valence-electron chi connectivity index (χ3n) is 4.65. The van der Waals surface area contributed by atoms with Gasteiger partial charge in [0.05, 0.1) is 7.11 Å². The Labute approximate surface area is 151 Å². The summed E-state index contributed by atoms with van der Waals surface area (Å²) in [6.07, 6.45) is 5.56. The predicted molar refractivity (Wildman–Crippen MR) is 101 cm³/mol. The summed E-state index contributed by atoms with van der Waals surface area (Å²) >= 11 is 0. The fourth-order valence-electron chi connectivity index (χ4n) is 3.41. The van der Waals surface area contributed by atoms with Gasteiger partial charge in [0.25, 0.3) is 0 Å². The third-order valence-corrected chi connectivity index (χ3v) is 4.65. The summed E-state index contributed by atoms with van der Waals surface area (Å²) in [5, 5.41) is 1.01.